The van der Waals surface area contributed by atoms with Gasteiger partial charge in [-0.1, -0.05) is 91.1 Å². The zero-order chi connectivity index (χ0) is 33.9. The molecule has 1 aliphatic rings. The van der Waals surface area contributed by atoms with Gasteiger partial charge in [0.25, 0.3) is 5.69 Å². The highest BCUT2D eigenvalue weighted by Crippen LogP contribution is 2.47. The lowest BCUT2D eigenvalue weighted by atomic mass is 9.78. The van der Waals surface area contributed by atoms with Crippen molar-refractivity contribution in [2.45, 2.75) is 49.6 Å². The minimum atomic E-state index is -4.73. The van der Waals surface area contributed by atoms with Gasteiger partial charge in [-0.25, -0.2) is 4.98 Å². The lowest BCUT2D eigenvalue weighted by molar-refractivity contribution is -0.384. The Morgan fingerprint density at radius 2 is 1.67 bits per heavy atom. The maximum Gasteiger partial charge on any atom is 0.333 e. The number of nitro benzene ring substituents is 1. The molecule has 0 aliphatic carbocycles. The Labute approximate surface area is 289 Å². The summed E-state index contributed by atoms with van der Waals surface area (Å²) in [5.74, 6) is 0. The quantitative estimate of drug-likeness (QED) is 0.0671. The number of non-ortho nitro benzene ring substituents is 1. The van der Waals surface area contributed by atoms with Gasteiger partial charge in [-0.3, -0.25) is 19.7 Å². The molecule has 3 heterocycles. The first kappa shape index (κ1) is 33.8. The van der Waals surface area contributed by atoms with Crippen molar-refractivity contribution in [3.63, 3.8) is 0 Å². The van der Waals surface area contributed by atoms with Crippen LogP contribution in [0.2, 0.25) is 0 Å². The van der Waals surface area contributed by atoms with Crippen LogP contribution in [0.15, 0.2) is 95.3 Å². The predicted molar refractivity (Wildman–Crippen MR) is 191 cm³/mol. The third kappa shape index (κ3) is 7.80. The second-order valence-corrected chi connectivity index (χ2v) is 15.8. The Morgan fingerprint density at radius 3 is 2.27 bits per heavy atom. The second kappa shape index (κ2) is 14.2. The molecule has 3 N–H and O–H groups in total. The molecule has 0 bridgehead atoms. The number of aliphatic imine (C=N–C) groups is 1. The number of nitro groups is 1. The van der Waals surface area contributed by atoms with Gasteiger partial charge in [0.2, 0.25) is 5.13 Å². The van der Waals surface area contributed by atoms with E-state index in [9.17, 15) is 23.1 Å². The zero-order valence-corrected chi connectivity index (χ0v) is 29.0. The van der Waals surface area contributed by atoms with Crippen molar-refractivity contribution in [1.82, 2.24) is 19.9 Å². The van der Waals surface area contributed by atoms with Crippen LogP contribution >= 0.6 is 34.4 Å². The SMILES string of the molecule is Cc1nnc(NC(C[C@@]2([C@H](Cc3ccc([N+](=O)[O-])cc3)NS(=O)(=O)O)N=C(c3ccccc3)SC2C)c2csc(-c3ccccc3)n2)s1. The average Bonchev–Trinajstić information content (AvgIpc) is 3.80. The highest BCUT2D eigenvalue weighted by Gasteiger charge is 2.51. The van der Waals surface area contributed by atoms with Crippen LogP contribution in [0.5, 0.6) is 0 Å². The van der Waals surface area contributed by atoms with Crippen molar-refractivity contribution in [3.8, 4) is 10.6 Å². The molecule has 0 amide bonds. The third-order valence-electron chi connectivity index (χ3n) is 8.06. The molecule has 6 rings (SSSR count). The fraction of sp³-hybridized carbons (Fsp3) is 0.250. The minimum absolute atomic E-state index is 0.0868. The molecule has 0 fully saturated rings. The molecule has 5 aromatic rings. The van der Waals surface area contributed by atoms with Crippen LogP contribution in [0, 0.1) is 17.0 Å². The first-order valence-corrected chi connectivity index (χ1v) is 18.9. The van der Waals surface area contributed by atoms with Crippen LogP contribution in [-0.4, -0.2) is 54.9 Å². The summed E-state index contributed by atoms with van der Waals surface area (Å²) in [4.78, 5) is 21.2. The number of benzene rings is 3. The van der Waals surface area contributed by atoms with Gasteiger partial charge in [0.15, 0.2) is 0 Å². The summed E-state index contributed by atoms with van der Waals surface area (Å²) in [6, 6.07) is 23.9. The summed E-state index contributed by atoms with van der Waals surface area (Å²) in [5, 5.41) is 27.9. The summed E-state index contributed by atoms with van der Waals surface area (Å²) in [6.45, 7) is 3.85. The van der Waals surface area contributed by atoms with Crippen molar-refractivity contribution in [2.75, 3.05) is 5.32 Å². The maximum absolute atomic E-state index is 12.6. The van der Waals surface area contributed by atoms with Crippen molar-refractivity contribution >= 4 is 60.6 Å². The van der Waals surface area contributed by atoms with Gasteiger partial charge in [-0.2, -0.15) is 13.1 Å². The molecular weight excluding hydrogens is 691 g/mol. The van der Waals surface area contributed by atoms with Crippen LogP contribution in [-0.2, 0) is 16.7 Å². The molecule has 48 heavy (non-hydrogen) atoms. The number of aryl methyl sites for hydroxylation is 1. The van der Waals surface area contributed by atoms with Gasteiger partial charge in [0.1, 0.15) is 10.0 Å². The predicted octanol–water partition coefficient (Wildman–Crippen LogP) is 6.75. The Hall–Kier alpha value is -4.06. The first-order valence-electron chi connectivity index (χ1n) is 14.9. The van der Waals surface area contributed by atoms with E-state index in [2.05, 4.69) is 20.2 Å². The number of anilines is 1. The monoisotopic (exact) mass is 721 g/mol. The van der Waals surface area contributed by atoms with E-state index < -0.39 is 32.9 Å². The highest BCUT2D eigenvalue weighted by atomic mass is 32.2. The number of rotatable bonds is 13. The van der Waals surface area contributed by atoms with Crippen LogP contribution in [0.25, 0.3) is 10.6 Å². The van der Waals surface area contributed by atoms with Gasteiger partial charge in [-0.15, -0.1) is 33.3 Å². The first-order chi connectivity index (χ1) is 23.0. The Morgan fingerprint density at radius 1 is 1.00 bits per heavy atom. The molecule has 16 heteroatoms. The minimum Gasteiger partial charge on any atom is -0.352 e. The van der Waals surface area contributed by atoms with Gasteiger partial charge in [0, 0.05) is 40.3 Å². The Bertz CT molecular complexity index is 2020. The largest absolute Gasteiger partial charge is 0.352 e. The molecule has 0 saturated heterocycles. The molecule has 12 nitrogen and oxygen atoms in total. The molecule has 0 saturated carbocycles. The summed E-state index contributed by atoms with van der Waals surface area (Å²) in [5.41, 5.74) is 1.95. The summed E-state index contributed by atoms with van der Waals surface area (Å²) in [7, 11) is -4.73. The number of thiazole rings is 1. The highest BCUT2D eigenvalue weighted by molar-refractivity contribution is 8.15. The van der Waals surface area contributed by atoms with Crippen LogP contribution in [0.3, 0.4) is 0 Å². The molecule has 2 aromatic heterocycles. The van der Waals surface area contributed by atoms with Crippen molar-refractivity contribution in [1.29, 1.82) is 0 Å². The van der Waals surface area contributed by atoms with Crippen molar-refractivity contribution < 1.29 is 17.9 Å². The van der Waals surface area contributed by atoms with Crippen molar-refractivity contribution in [3.05, 3.63) is 122 Å². The van der Waals surface area contributed by atoms with E-state index >= 15 is 0 Å². The number of hydrogen-bond acceptors (Lipinski definition) is 12. The number of aromatic nitrogens is 3. The van der Waals surface area contributed by atoms with E-state index in [-0.39, 0.29) is 23.8 Å². The van der Waals surface area contributed by atoms with Crippen LogP contribution < -0.4 is 10.0 Å². The third-order valence-corrected chi connectivity index (χ3v) is 11.6. The fourth-order valence-corrected chi connectivity index (χ4v) is 9.23. The average molecular weight is 722 g/mol. The Balaban J connectivity index is 1.48. The number of nitrogens with zero attached hydrogens (tertiary/aromatic N) is 5. The molecule has 4 atom stereocenters. The molecule has 248 valence electrons. The summed E-state index contributed by atoms with van der Waals surface area (Å²) >= 11 is 4.40. The molecule has 0 radical (unpaired) electrons. The molecule has 3 aromatic carbocycles. The Kier molecular flexibility index (Phi) is 10.0. The van der Waals surface area contributed by atoms with Crippen LogP contribution in [0.1, 0.15) is 41.2 Å². The lowest BCUT2D eigenvalue weighted by Crippen LogP contribution is -2.57. The molecule has 2 unspecified atom stereocenters. The second-order valence-electron chi connectivity index (χ2n) is 11.3. The van der Waals surface area contributed by atoms with Gasteiger partial charge in [0.05, 0.1) is 33.3 Å². The number of thioether (sulfide) groups is 1. The number of hydrogen-bond donors (Lipinski definition) is 3. The lowest BCUT2D eigenvalue weighted by Gasteiger charge is -2.40. The maximum atomic E-state index is 12.6. The molecule has 1 aliphatic heterocycles. The van der Waals surface area contributed by atoms with Crippen LogP contribution in [0.4, 0.5) is 10.8 Å². The van der Waals surface area contributed by atoms with Gasteiger partial charge >= 0.3 is 10.3 Å². The zero-order valence-electron chi connectivity index (χ0n) is 25.8. The van der Waals surface area contributed by atoms with E-state index in [1.807, 2.05) is 79.9 Å². The molecule has 0 spiro atoms. The van der Waals surface area contributed by atoms with E-state index in [1.165, 1.54) is 46.6 Å². The van der Waals surface area contributed by atoms with E-state index in [1.54, 1.807) is 12.1 Å². The van der Waals surface area contributed by atoms with E-state index in [4.69, 9.17) is 9.98 Å². The topological polar surface area (TPSA) is 173 Å². The summed E-state index contributed by atoms with van der Waals surface area (Å²) < 4.78 is 37.9. The fourth-order valence-electron chi connectivity index (χ4n) is 5.71. The van der Waals surface area contributed by atoms with Gasteiger partial charge in [-0.05, 0) is 18.9 Å². The standard InChI is InChI=1S/C32H31N7O5S4/c1-20-32(35-30(46-20)24-11-7-4-8-12-24,28(38-48(42,43)44)17-22-13-15-25(16-14-22)39(40)41)18-26(34-31-37-36-21(2)47-31)27-19-45-29(33-27)23-9-5-3-6-10-23/h3-16,19-20,26,28,38H,17-18H2,1-2H3,(H,34,37)(H,42,43,44)/t20?,26?,28-,32+/m0/s1. The summed E-state index contributed by atoms with van der Waals surface area (Å²) in [6.07, 6.45) is 0.333. The molecular formula is C32H31N7O5S4. The smallest absolute Gasteiger partial charge is 0.333 e. The van der Waals surface area contributed by atoms with E-state index in [0.717, 1.165) is 26.2 Å². The van der Waals surface area contributed by atoms with Gasteiger partial charge < -0.3 is 5.32 Å². The number of nitrogens with one attached hydrogen (secondary N) is 2. The van der Waals surface area contributed by atoms with E-state index in [0.29, 0.717) is 16.4 Å². The van der Waals surface area contributed by atoms with Crippen molar-refractivity contribution in [2.24, 2.45) is 4.99 Å². The normalized spacial score (nSPS) is 19.1.